The number of hydrogen-bond donors (Lipinski definition) is 1. The van der Waals surface area contributed by atoms with Gasteiger partial charge in [-0.15, -0.1) is 0 Å². The fourth-order valence-corrected chi connectivity index (χ4v) is 2.60. The van der Waals surface area contributed by atoms with Gasteiger partial charge in [0.25, 0.3) is 0 Å². The summed E-state index contributed by atoms with van der Waals surface area (Å²) in [6.07, 6.45) is 4.03. The molecule has 0 unspecified atom stereocenters. The van der Waals surface area contributed by atoms with Crippen LogP contribution in [-0.4, -0.2) is 13.2 Å². The van der Waals surface area contributed by atoms with Crippen molar-refractivity contribution in [3.05, 3.63) is 28.2 Å². The Morgan fingerprint density at radius 2 is 2.16 bits per heavy atom. The van der Waals surface area contributed by atoms with Gasteiger partial charge in [0.2, 0.25) is 0 Å². The highest BCUT2D eigenvalue weighted by Gasteiger charge is 2.18. The Labute approximate surface area is 125 Å². The average molecular weight is 326 g/mol. The van der Waals surface area contributed by atoms with Gasteiger partial charge in [-0.3, -0.25) is 0 Å². The fourth-order valence-electron chi connectivity index (χ4n) is 2.19. The molecule has 1 aliphatic rings. The lowest BCUT2D eigenvalue weighted by molar-refractivity contribution is 0.179. The quantitative estimate of drug-likeness (QED) is 0.803. The molecule has 106 valence electrons. The third-order valence-electron chi connectivity index (χ3n) is 3.59. The molecule has 2 rings (SSSR count). The standard InChI is InChI=1S/C16H24BrNO/c1-12(2)9-18-10-14-8-15(17)6-7-16(14)19-11-13-4-3-5-13/h6-8,12-13,18H,3-5,9-11H2,1-2H3. The molecule has 1 N–H and O–H groups in total. The van der Waals surface area contributed by atoms with Crippen molar-refractivity contribution in [2.45, 2.75) is 39.7 Å². The van der Waals surface area contributed by atoms with E-state index in [2.05, 4.69) is 53.3 Å². The van der Waals surface area contributed by atoms with Crippen molar-refractivity contribution in [3.8, 4) is 5.75 Å². The summed E-state index contributed by atoms with van der Waals surface area (Å²) < 4.78 is 7.11. The van der Waals surface area contributed by atoms with Crippen LogP contribution in [-0.2, 0) is 6.54 Å². The molecule has 1 aromatic carbocycles. The second kappa shape index (κ2) is 7.30. The first-order valence-corrected chi connectivity index (χ1v) is 8.06. The lowest BCUT2D eigenvalue weighted by Gasteiger charge is -2.25. The van der Waals surface area contributed by atoms with Crippen LogP contribution >= 0.6 is 15.9 Å². The van der Waals surface area contributed by atoms with Crippen molar-refractivity contribution < 1.29 is 4.74 Å². The van der Waals surface area contributed by atoms with E-state index in [0.717, 1.165) is 35.8 Å². The summed E-state index contributed by atoms with van der Waals surface area (Å²) in [4.78, 5) is 0. The Morgan fingerprint density at radius 3 is 2.79 bits per heavy atom. The first kappa shape index (κ1) is 14.9. The monoisotopic (exact) mass is 325 g/mol. The Hall–Kier alpha value is -0.540. The molecule has 0 aliphatic heterocycles. The van der Waals surface area contributed by atoms with Crippen LogP contribution < -0.4 is 10.1 Å². The molecule has 0 aromatic heterocycles. The normalized spacial score (nSPS) is 15.6. The molecule has 3 heteroatoms. The van der Waals surface area contributed by atoms with Crippen LogP contribution in [0, 0.1) is 11.8 Å². The molecule has 0 saturated heterocycles. The van der Waals surface area contributed by atoms with Crippen LogP contribution in [0.5, 0.6) is 5.75 Å². The average Bonchev–Trinajstić information content (AvgIpc) is 2.29. The maximum Gasteiger partial charge on any atom is 0.123 e. The van der Waals surface area contributed by atoms with Crippen molar-refractivity contribution in [3.63, 3.8) is 0 Å². The van der Waals surface area contributed by atoms with Crippen LogP contribution in [0.2, 0.25) is 0 Å². The van der Waals surface area contributed by atoms with Gasteiger partial charge in [0.15, 0.2) is 0 Å². The minimum absolute atomic E-state index is 0.673. The van der Waals surface area contributed by atoms with E-state index in [0.29, 0.717) is 5.92 Å². The van der Waals surface area contributed by atoms with Crippen molar-refractivity contribution in [1.29, 1.82) is 0 Å². The van der Waals surface area contributed by atoms with E-state index < -0.39 is 0 Å². The first-order valence-electron chi connectivity index (χ1n) is 7.27. The van der Waals surface area contributed by atoms with E-state index >= 15 is 0 Å². The molecular weight excluding hydrogens is 302 g/mol. The van der Waals surface area contributed by atoms with Gasteiger partial charge in [-0.05, 0) is 49.4 Å². The number of ether oxygens (including phenoxy) is 1. The van der Waals surface area contributed by atoms with E-state index in [1.54, 1.807) is 0 Å². The minimum atomic E-state index is 0.673. The summed E-state index contributed by atoms with van der Waals surface area (Å²) in [7, 11) is 0. The summed E-state index contributed by atoms with van der Waals surface area (Å²) >= 11 is 3.54. The van der Waals surface area contributed by atoms with E-state index in [4.69, 9.17) is 4.74 Å². The molecule has 1 saturated carbocycles. The molecule has 1 fully saturated rings. The van der Waals surface area contributed by atoms with Crippen LogP contribution in [0.25, 0.3) is 0 Å². The maximum absolute atomic E-state index is 5.99. The Morgan fingerprint density at radius 1 is 1.37 bits per heavy atom. The van der Waals surface area contributed by atoms with Crippen molar-refractivity contribution >= 4 is 15.9 Å². The lowest BCUT2D eigenvalue weighted by atomic mass is 9.86. The molecule has 0 bridgehead atoms. The topological polar surface area (TPSA) is 21.3 Å². The van der Waals surface area contributed by atoms with Gasteiger partial charge >= 0.3 is 0 Å². The second-order valence-corrected chi connectivity index (χ2v) is 6.80. The third kappa shape index (κ3) is 4.81. The highest BCUT2D eigenvalue weighted by Crippen LogP contribution is 2.29. The lowest BCUT2D eigenvalue weighted by Crippen LogP contribution is -2.21. The summed E-state index contributed by atoms with van der Waals surface area (Å²) in [6.45, 7) is 7.23. The molecule has 0 spiro atoms. The first-order chi connectivity index (χ1) is 9.15. The maximum atomic E-state index is 5.99. The number of halogens is 1. The van der Waals surface area contributed by atoms with E-state index in [1.165, 1.54) is 24.8 Å². The van der Waals surface area contributed by atoms with Gasteiger partial charge < -0.3 is 10.1 Å². The zero-order chi connectivity index (χ0) is 13.7. The van der Waals surface area contributed by atoms with Gasteiger partial charge in [0.05, 0.1) is 6.61 Å². The molecule has 1 aliphatic carbocycles. The summed E-state index contributed by atoms with van der Waals surface area (Å²) in [6, 6.07) is 6.29. The predicted molar refractivity (Wildman–Crippen MR) is 83.5 cm³/mol. The van der Waals surface area contributed by atoms with E-state index in [9.17, 15) is 0 Å². The SMILES string of the molecule is CC(C)CNCc1cc(Br)ccc1OCC1CCC1. The largest absolute Gasteiger partial charge is 0.493 e. The number of nitrogens with one attached hydrogen (secondary N) is 1. The van der Waals surface area contributed by atoms with Crippen molar-refractivity contribution in [2.75, 3.05) is 13.2 Å². The number of benzene rings is 1. The molecule has 0 heterocycles. The van der Waals surface area contributed by atoms with Crippen LogP contribution in [0.15, 0.2) is 22.7 Å². The molecule has 0 amide bonds. The molecule has 0 radical (unpaired) electrons. The zero-order valence-corrected chi connectivity index (χ0v) is 13.5. The highest BCUT2D eigenvalue weighted by atomic mass is 79.9. The Kier molecular flexibility index (Phi) is 5.71. The molecule has 2 nitrogen and oxygen atoms in total. The van der Waals surface area contributed by atoms with Gasteiger partial charge in [0, 0.05) is 16.6 Å². The summed E-state index contributed by atoms with van der Waals surface area (Å²) in [5, 5.41) is 3.48. The third-order valence-corrected chi connectivity index (χ3v) is 4.08. The second-order valence-electron chi connectivity index (χ2n) is 5.88. The van der Waals surface area contributed by atoms with Gasteiger partial charge in [-0.2, -0.15) is 0 Å². The van der Waals surface area contributed by atoms with E-state index in [1.807, 2.05) is 0 Å². The van der Waals surface area contributed by atoms with Crippen molar-refractivity contribution in [2.24, 2.45) is 11.8 Å². The molecule has 19 heavy (non-hydrogen) atoms. The molecular formula is C16H24BrNO. The minimum Gasteiger partial charge on any atom is -0.493 e. The van der Waals surface area contributed by atoms with Crippen LogP contribution in [0.3, 0.4) is 0 Å². The van der Waals surface area contributed by atoms with Crippen LogP contribution in [0.1, 0.15) is 38.7 Å². The summed E-state index contributed by atoms with van der Waals surface area (Å²) in [5.41, 5.74) is 1.24. The predicted octanol–water partition coefficient (Wildman–Crippen LogP) is 4.37. The van der Waals surface area contributed by atoms with Gasteiger partial charge in [-0.1, -0.05) is 36.2 Å². The number of rotatable bonds is 7. The number of hydrogen-bond acceptors (Lipinski definition) is 2. The van der Waals surface area contributed by atoms with E-state index in [-0.39, 0.29) is 0 Å². The summed E-state index contributed by atoms with van der Waals surface area (Å²) in [5.74, 6) is 2.48. The van der Waals surface area contributed by atoms with Gasteiger partial charge in [0.1, 0.15) is 5.75 Å². The fraction of sp³-hybridized carbons (Fsp3) is 0.625. The van der Waals surface area contributed by atoms with Crippen LogP contribution in [0.4, 0.5) is 0 Å². The Bertz CT molecular complexity index is 402. The molecule has 0 atom stereocenters. The zero-order valence-electron chi connectivity index (χ0n) is 11.9. The van der Waals surface area contributed by atoms with Crippen molar-refractivity contribution in [1.82, 2.24) is 5.32 Å². The highest BCUT2D eigenvalue weighted by molar-refractivity contribution is 9.10. The molecule has 1 aromatic rings. The smallest absolute Gasteiger partial charge is 0.123 e. The van der Waals surface area contributed by atoms with Gasteiger partial charge in [-0.25, -0.2) is 0 Å². The Balaban J connectivity index is 1.91.